The van der Waals surface area contributed by atoms with E-state index in [1.807, 2.05) is 0 Å². The van der Waals surface area contributed by atoms with Gasteiger partial charge in [0.25, 0.3) is 12.0 Å². The van der Waals surface area contributed by atoms with Crippen LogP contribution in [0.5, 0.6) is 0 Å². The molecule has 2 aromatic heterocycles. The predicted octanol–water partition coefficient (Wildman–Crippen LogP) is 4.08. The van der Waals surface area contributed by atoms with Gasteiger partial charge in [-0.05, 0) is 26.7 Å². The molecule has 1 amide bonds. The summed E-state index contributed by atoms with van der Waals surface area (Å²) in [6.07, 6.45) is -0.611. The molecule has 0 spiro atoms. The maximum absolute atomic E-state index is 14.7. The molecule has 3 aromatic rings. The van der Waals surface area contributed by atoms with Gasteiger partial charge in [-0.25, -0.2) is 13.2 Å². The van der Waals surface area contributed by atoms with E-state index in [-0.39, 0.29) is 35.3 Å². The second kappa shape index (κ2) is 11.2. The van der Waals surface area contributed by atoms with Gasteiger partial charge >= 0.3 is 5.97 Å². The van der Waals surface area contributed by atoms with Crippen molar-refractivity contribution in [3.05, 3.63) is 63.5 Å². The van der Waals surface area contributed by atoms with E-state index in [4.69, 9.17) is 0 Å². The van der Waals surface area contributed by atoms with Crippen LogP contribution in [0.25, 0.3) is 10.8 Å². The zero-order valence-corrected chi connectivity index (χ0v) is 21.2. The molecule has 4 rings (SSSR count). The lowest BCUT2D eigenvalue weighted by Crippen LogP contribution is -2.41. The normalized spacial score (nSPS) is 15.1. The smallest absolute Gasteiger partial charge is 0.315 e. The van der Waals surface area contributed by atoms with Gasteiger partial charge < -0.3 is 19.5 Å². The van der Waals surface area contributed by atoms with Crippen molar-refractivity contribution in [3.8, 4) is 0 Å². The summed E-state index contributed by atoms with van der Waals surface area (Å²) < 4.78 is 47.3. The number of piperidine rings is 1. The molecule has 3 heterocycles. The molecule has 12 heteroatoms. The van der Waals surface area contributed by atoms with E-state index in [2.05, 4.69) is 20.3 Å². The van der Waals surface area contributed by atoms with Gasteiger partial charge in [0.1, 0.15) is 12.2 Å². The maximum Gasteiger partial charge on any atom is 0.315 e. The zero-order valence-electron chi connectivity index (χ0n) is 21.2. The van der Waals surface area contributed by atoms with Gasteiger partial charge in [-0.2, -0.15) is 5.10 Å². The Morgan fingerprint density at radius 2 is 1.84 bits per heavy atom. The first-order chi connectivity index (χ1) is 18.1. The molecule has 1 N–H and O–H groups in total. The number of hydrogen-bond donors (Lipinski definition) is 1. The van der Waals surface area contributed by atoms with Crippen LogP contribution in [0.15, 0.2) is 35.3 Å². The average Bonchev–Trinajstić information content (AvgIpc) is 2.90. The van der Waals surface area contributed by atoms with E-state index in [1.165, 1.54) is 25.3 Å². The monoisotopic (exact) mass is 531 g/mol. The van der Waals surface area contributed by atoms with Crippen LogP contribution in [0, 0.1) is 12.7 Å². The summed E-state index contributed by atoms with van der Waals surface area (Å²) in [7, 11) is 1.22. The second-order valence-electron chi connectivity index (χ2n) is 9.26. The standard InChI is InChI=1S/C26H28F3N5O4/c1-14(17-5-4-6-18(24(17)27)25(28)29)30-26-20-13-34(22(36)11-19(20)15(2)31-32-26)16-7-9-33(10-8-16)21(35)12-23(37)38-3/h4-6,11,13-14,16,25H,7-10,12H2,1-3H3,(H,30,32)/t14-/m1/s1. The highest BCUT2D eigenvalue weighted by Crippen LogP contribution is 2.31. The lowest BCUT2D eigenvalue weighted by atomic mass is 10.0. The van der Waals surface area contributed by atoms with E-state index < -0.39 is 29.8 Å². The fourth-order valence-electron chi connectivity index (χ4n) is 4.72. The van der Waals surface area contributed by atoms with Crippen LogP contribution < -0.4 is 10.9 Å². The molecule has 1 aromatic carbocycles. The molecular weight excluding hydrogens is 503 g/mol. The first kappa shape index (κ1) is 27.1. The third-order valence-corrected chi connectivity index (χ3v) is 6.87. The van der Waals surface area contributed by atoms with E-state index in [0.29, 0.717) is 42.4 Å². The molecule has 0 saturated carbocycles. The SMILES string of the molecule is COC(=O)CC(=O)N1CCC(n2cc3c(N[C@H](C)c4cccc(C(F)F)c4F)nnc(C)c3cc2=O)CC1. The van der Waals surface area contributed by atoms with Crippen molar-refractivity contribution in [2.75, 3.05) is 25.5 Å². The number of carbonyl (C=O) groups is 2. The fourth-order valence-corrected chi connectivity index (χ4v) is 4.72. The molecule has 0 radical (unpaired) electrons. The minimum atomic E-state index is -2.95. The third-order valence-electron chi connectivity index (χ3n) is 6.87. The number of methoxy groups -OCH3 is 1. The largest absolute Gasteiger partial charge is 0.469 e. The number of benzene rings is 1. The van der Waals surface area contributed by atoms with Gasteiger partial charge in [-0.3, -0.25) is 14.4 Å². The molecule has 9 nitrogen and oxygen atoms in total. The average molecular weight is 532 g/mol. The number of carbonyl (C=O) groups excluding carboxylic acids is 2. The van der Waals surface area contributed by atoms with E-state index >= 15 is 0 Å². The van der Waals surface area contributed by atoms with Gasteiger partial charge in [-0.1, -0.05) is 18.2 Å². The molecule has 0 unspecified atom stereocenters. The number of amides is 1. The molecule has 0 aliphatic carbocycles. The third kappa shape index (κ3) is 5.48. The lowest BCUT2D eigenvalue weighted by Gasteiger charge is -2.33. The van der Waals surface area contributed by atoms with Crippen LogP contribution in [-0.2, 0) is 14.3 Å². The summed E-state index contributed by atoms with van der Waals surface area (Å²) in [5.74, 6) is -1.64. The topological polar surface area (TPSA) is 106 Å². The van der Waals surface area contributed by atoms with Crippen molar-refractivity contribution in [1.29, 1.82) is 0 Å². The first-order valence-electron chi connectivity index (χ1n) is 12.2. The highest BCUT2D eigenvalue weighted by Gasteiger charge is 2.27. The van der Waals surface area contributed by atoms with E-state index in [1.54, 1.807) is 29.5 Å². The summed E-state index contributed by atoms with van der Waals surface area (Å²) in [6.45, 7) is 4.09. The minimum absolute atomic E-state index is 0.0515. The van der Waals surface area contributed by atoms with Crippen LogP contribution >= 0.6 is 0 Å². The van der Waals surface area contributed by atoms with Gasteiger partial charge in [0, 0.05) is 47.7 Å². The summed E-state index contributed by atoms with van der Waals surface area (Å²) in [6, 6.07) is 4.38. The molecule has 202 valence electrons. The number of esters is 1. The number of fused-ring (bicyclic) bond motifs is 1. The molecule has 1 saturated heterocycles. The summed E-state index contributed by atoms with van der Waals surface area (Å²) in [5.41, 5.74) is -0.351. The zero-order chi connectivity index (χ0) is 27.6. The van der Waals surface area contributed by atoms with E-state index in [0.717, 1.165) is 6.07 Å². The highest BCUT2D eigenvalue weighted by molar-refractivity contribution is 5.94. The predicted molar refractivity (Wildman–Crippen MR) is 133 cm³/mol. The Morgan fingerprint density at radius 1 is 1.16 bits per heavy atom. The first-order valence-corrected chi connectivity index (χ1v) is 12.2. The number of rotatable bonds is 7. The van der Waals surface area contributed by atoms with Gasteiger partial charge in [0.05, 0.1) is 24.4 Å². The number of halogens is 3. The fraction of sp³-hybridized carbons (Fsp3) is 0.423. The van der Waals surface area contributed by atoms with Crippen molar-refractivity contribution in [2.24, 2.45) is 0 Å². The molecule has 1 aliphatic heterocycles. The Labute approximate surface area is 216 Å². The van der Waals surface area contributed by atoms with Crippen molar-refractivity contribution < 1.29 is 27.5 Å². The Morgan fingerprint density at radius 3 is 2.50 bits per heavy atom. The number of likely N-dealkylation sites (tertiary alicyclic amines) is 1. The lowest BCUT2D eigenvalue weighted by molar-refractivity contribution is -0.147. The molecule has 1 aliphatic rings. The van der Waals surface area contributed by atoms with Gasteiger partial charge in [-0.15, -0.1) is 5.10 Å². The van der Waals surface area contributed by atoms with Crippen LogP contribution in [0.1, 0.15) is 61.5 Å². The summed E-state index contributed by atoms with van der Waals surface area (Å²) >= 11 is 0. The number of pyridine rings is 1. The molecule has 0 bridgehead atoms. The Balaban J connectivity index is 1.61. The number of alkyl halides is 2. The Kier molecular flexibility index (Phi) is 7.98. The highest BCUT2D eigenvalue weighted by atomic mass is 19.3. The van der Waals surface area contributed by atoms with Gasteiger partial charge in [0.15, 0.2) is 5.82 Å². The molecule has 1 fully saturated rings. The minimum Gasteiger partial charge on any atom is -0.469 e. The molecule has 38 heavy (non-hydrogen) atoms. The number of aryl methyl sites for hydroxylation is 1. The number of nitrogens with one attached hydrogen (secondary N) is 1. The second-order valence-corrected chi connectivity index (χ2v) is 9.26. The van der Waals surface area contributed by atoms with Crippen LogP contribution in [0.2, 0.25) is 0 Å². The van der Waals surface area contributed by atoms with Crippen molar-refractivity contribution in [1.82, 2.24) is 19.7 Å². The number of nitrogens with zero attached hydrogens (tertiary/aromatic N) is 4. The summed E-state index contributed by atoms with van der Waals surface area (Å²) in [5, 5.41) is 12.5. The van der Waals surface area contributed by atoms with Crippen molar-refractivity contribution in [2.45, 2.75) is 51.6 Å². The van der Waals surface area contributed by atoms with Crippen LogP contribution in [-0.4, -0.2) is 51.7 Å². The number of ether oxygens (including phenoxy) is 1. The van der Waals surface area contributed by atoms with Crippen LogP contribution in [0.3, 0.4) is 0 Å². The van der Waals surface area contributed by atoms with Crippen LogP contribution in [0.4, 0.5) is 19.0 Å². The van der Waals surface area contributed by atoms with Gasteiger partial charge in [0.2, 0.25) is 5.91 Å². The molecule has 1 atom stereocenters. The number of hydrogen-bond acceptors (Lipinski definition) is 7. The quantitative estimate of drug-likeness (QED) is 0.362. The maximum atomic E-state index is 14.7. The molecular formula is C26H28F3N5O4. The van der Waals surface area contributed by atoms with Crippen molar-refractivity contribution >= 4 is 28.5 Å². The summed E-state index contributed by atoms with van der Waals surface area (Å²) in [4.78, 5) is 38.3. The van der Waals surface area contributed by atoms with E-state index in [9.17, 15) is 27.6 Å². The Bertz CT molecular complexity index is 1420. The van der Waals surface area contributed by atoms with Crippen molar-refractivity contribution in [3.63, 3.8) is 0 Å². The number of anilines is 1. The Hall–Kier alpha value is -3.96. The number of aromatic nitrogens is 3.